The largest absolute Gasteiger partial charge is 0.416 e. The van der Waals surface area contributed by atoms with Gasteiger partial charge in [0.25, 0.3) is 0 Å². The van der Waals surface area contributed by atoms with Crippen molar-refractivity contribution < 1.29 is 4.42 Å². The van der Waals surface area contributed by atoms with E-state index in [1.54, 1.807) is 6.92 Å². The molecule has 0 bridgehead atoms. The maximum absolute atomic E-state index is 10.7. The summed E-state index contributed by atoms with van der Waals surface area (Å²) in [6.45, 7) is 7.88. The Morgan fingerprint density at radius 1 is 1.36 bits per heavy atom. The van der Waals surface area contributed by atoms with Crippen LogP contribution in [0.3, 0.4) is 0 Å². The van der Waals surface area contributed by atoms with E-state index in [1.807, 2.05) is 20.8 Å². The lowest BCUT2D eigenvalue weighted by Crippen LogP contribution is -2.14. The molecule has 11 heavy (non-hydrogen) atoms. The highest BCUT2D eigenvalue weighted by molar-refractivity contribution is 5.14. The molecular formula is C8H13NO2. The Morgan fingerprint density at radius 2 is 1.91 bits per heavy atom. The van der Waals surface area contributed by atoms with E-state index in [1.165, 1.54) is 0 Å². The summed E-state index contributed by atoms with van der Waals surface area (Å²) >= 11 is 0. The van der Waals surface area contributed by atoms with Gasteiger partial charge in [0.05, 0.1) is 5.69 Å². The van der Waals surface area contributed by atoms with Gasteiger partial charge in [-0.15, -0.1) is 0 Å². The Labute approximate surface area is 65.4 Å². The van der Waals surface area contributed by atoms with E-state index in [0.29, 0.717) is 5.76 Å². The third-order valence-electron chi connectivity index (χ3n) is 1.57. The van der Waals surface area contributed by atoms with E-state index in [2.05, 4.69) is 4.98 Å². The molecule has 62 valence electrons. The molecule has 3 nitrogen and oxygen atoms in total. The lowest BCUT2D eigenvalue weighted by Gasteiger charge is -2.15. The summed E-state index contributed by atoms with van der Waals surface area (Å²) in [5.41, 5.74) is 0.832. The molecule has 0 saturated carbocycles. The zero-order valence-corrected chi connectivity index (χ0v) is 7.32. The van der Waals surface area contributed by atoms with Crippen molar-refractivity contribution >= 4 is 0 Å². The molecule has 0 saturated heterocycles. The summed E-state index contributed by atoms with van der Waals surface area (Å²) in [7, 11) is 0. The first kappa shape index (κ1) is 8.11. The van der Waals surface area contributed by atoms with E-state index in [0.717, 1.165) is 5.69 Å². The molecule has 0 aromatic carbocycles. The molecule has 1 N–H and O–H groups in total. The van der Waals surface area contributed by atoms with Crippen LogP contribution in [0.25, 0.3) is 0 Å². The number of oxazole rings is 1. The summed E-state index contributed by atoms with van der Waals surface area (Å²) in [6.07, 6.45) is 0. The quantitative estimate of drug-likeness (QED) is 0.618. The third kappa shape index (κ3) is 1.53. The summed E-state index contributed by atoms with van der Waals surface area (Å²) < 4.78 is 4.83. The number of rotatable bonds is 0. The molecule has 1 aromatic rings. The van der Waals surface area contributed by atoms with Crippen LogP contribution in [-0.4, -0.2) is 4.98 Å². The molecule has 1 heterocycles. The van der Waals surface area contributed by atoms with Gasteiger partial charge in [-0.25, -0.2) is 4.79 Å². The lowest BCUT2D eigenvalue weighted by atomic mass is 9.91. The van der Waals surface area contributed by atoms with Crippen LogP contribution in [0.5, 0.6) is 0 Å². The molecule has 0 radical (unpaired) electrons. The number of aryl methyl sites for hydroxylation is 1. The Hall–Kier alpha value is -0.990. The van der Waals surface area contributed by atoms with Crippen LogP contribution in [0.4, 0.5) is 0 Å². The van der Waals surface area contributed by atoms with Gasteiger partial charge >= 0.3 is 5.76 Å². The zero-order chi connectivity index (χ0) is 8.65. The van der Waals surface area contributed by atoms with Gasteiger partial charge in [0.15, 0.2) is 0 Å². The average molecular weight is 155 g/mol. The van der Waals surface area contributed by atoms with Crippen molar-refractivity contribution in [1.29, 1.82) is 0 Å². The summed E-state index contributed by atoms with van der Waals surface area (Å²) in [4.78, 5) is 13.4. The van der Waals surface area contributed by atoms with Gasteiger partial charge < -0.3 is 4.42 Å². The first-order valence-corrected chi connectivity index (χ1v) is 3.61. The zero-order valence-electron chi connectivity index (χ0n) is 7.32. The van der Waals surface area contributed by atoms with E-state index in [9.17, 15) is 4.79 Å². The summed E-state index contributed by atoms with van der Waals surface area (Å²) in [5.74, 6) is 0.315. The number of aromatic nitrogens is 1. The van der Waals surface area contributed by atoms with Gasteiger partial charge in [-0.05, 0) is 6.92 Å². The third-order valence-corrected chi connectivity index (χ3v) is 1.57. The van der Waals surface area contributed by atoms with E-state index in [-0.39, 0.29) is 11.2 Å². The SMILES string of the molecule is Cc1oc(=O)[nH]c1C(C)(C)C. The molecule has 0 spiro atoms. The van der Waals surface area contributed by atoms with E-state index >= 15 is 0 Å². The van der Waals surface area contributed by atoms with Crippen molar-refractivity contribution in [2.75, 3.05) is 0 Å². The Bertz CT molecular complexity index is 301. The molecule has 1 rings (SSSR count). The van der Waals surface area contributed by atoms with Gasteiger partial charge in [0.1, 0.15) is 5.76 Å². The highest BCUT2D eigenvalue weighted by atomic mass is 16.4. The number of hydrogen-bond donors (Lipinski definition) is 1. The van der Waals surface area contributed by atoms with Gasteiger partial charge in [0, 0.05) is 5.41 Å². The monoisotopic (exact) mass is 155 g/mol. The van der Waals surface area contributed by atoms with Gasteiger partial charge in [-0.2, -0.15) is 0 Å². The fourth-order valence-corrected chi connectivity index (χ4v) is 1.12. The summed E-state index contributed by atoms with van der Waals surface area (Å²) in [5, 5.41) is 0. The second-order valence-corrected chi connectivity index (χ2v) is 3.70. The fraction of sp³-hybridized carbons (Fsp3) is 0.625. The Kier molecular flexibility index (Phi) is 1.66. The molecule has 0 atom stereocenters. The van der Waals surface area contributed by atoms with Gasteiger partial charge in [-0.1, -0.05) is 20.8 Å². The average Bonchev–Trinajstić information content (AvgIpc) is 2.08. The molecular weight excluding hydrogens is 142 g/mol. The number of H-pyrrole nitrogens is 1. The first-order chi connectivity index (χ1) is 4.91. The maximum atomic E-state index is 10.7. The van der Waals surface area contributed by atoms with Crippen molar-refractivity contribution in [2.45, 2.75) is 33.1 Å². The second-order valence-electron chi connectivity index (χ2n) is 3.70. The van der Waals surface area contributed by atoms with Crippen molar-refractivity contribution in [3.63, 3.8) is 0 Å². The first-order valence-electron chi connectivity index (χ1n) is 3.61. The Balaban J connectivity index is 3.24. The van der Waals surface area contributed by atoms with Crippen LogP contribution in [-0.2, 0) is 5.41 Å². The standard InChI is InChI=1S/C8H13NO2/c1-5-6(8(2,3)4)9-7(10)11-5/h1-4H3,(H,9,10). The highest BCUT2D eigenvalue weighted by Crippen LogP contribution is 2.21. The number of aromatic amines is 1. The van der Waals surface area contributed by atoms with Gasteiger partial charge in [-0.3, -0.25) is 4.98 Å². The van der Waals surface area contributed by atoms with Crippen LogP contribution in [0.2, 0.25) is 0 Å². The molecule has 3 heteroatoms. The fourth-order valence-electron chi connectivity index (χ4n) is 1.12. The molecule has 0 unspecified atom stereocenters. The lowest BCUT2D eigenvalue weighted by molar-refractivity contribution is 0.479. The van der Waals surface area contributed by atoms with Crippen LogP contribution in [0, 0.1) is 6.92 Å². The van der Waals surface area contributed by atoms with Crippen LogP contribution >= 0.6 is 0 Å². The minimum absolute atomic E-state index is 0.0454. The van der Waals surface area contributed by atoms with E-state index in [4.69, 9.17) is 4.42 Å². The Morgan fingerprint density at radius 3 is 2.09 bits per heavy atom. The molecule has 0 amide bonds. The van der Waals surface area contributed by atoms with Crippen molar-refractivity contribution in [1.82, 2.24) is 4.98 Å². The number of hydrogen-bond acceptors (Lipinski definition) is 2. The highest BCUT2D eigenvalue weighted by Gasteiger charge is 2.19. The van der Waals surface area contributed by atoms with Crippen LogP contribution < -0.4 is 5.76 Å². The van der Waals surface area contributed by atoms with Crippen LogP contribution in [0.1, 0.15) is 32.2 Å². The predicted molar refractivity (Wildman–Crippen MR) is 42.8 cm³/mol. The predicted octanol–water partition coefficient (Wildman–Crippen LogP) is 1.57. The molecule has 0 aliphatic rings. The molecule has 0 aliphatic carbocycles. The minimum atomic E-state index is -0.368. The smallest absolute Gasteiger partial charge is 0.413 e. The number of nitrogens with one attached hydrogen (secondary N) is 1. The van der Waals surface area contributed by atoms with Crippen molar-refractivity contribution in [2.24, 2.45) is 0 Å². The molecule has 0 aliphatic heterocycles. The summed E-state index contributed by atoms with van der Waals surface area (Å²) in [6, 6.07) is 0. The minimum Gasteiger partial charge on any atom is -0.413 e. The second kappa shape index (κ2) is 2.26. The van der Waals surface area contributed by atoms with Crippen molar-refractivity contribution in [3.05, 3.63) is 22.0 Å². The van der Waals surface area contributed by atoms with Gasteiger partial charge in [0.2, 0.25) is 0 Å². The normalized spacial score (nSPS) is 12.0. The van der Waals surface area contributed by atoms with E-state index < -0.39 is 0 Å². The molecule has 1 aromatic heterocycles. The topological polar surface area (TPSA) is 46.0 Å². The maximum Gasteiger partial charge on any atom is 0.416 e. The molecule has 0 fully saturated rings. The van der Waals surface area contributed by atoms with Crippen molar-refractivity contribution in [3.8, 4) is 0 Å². The van der Waals surface area contributed by atoms with Crippen LogP contribution in [0.15, 0.2) is 9.21 Å².